The van der Waals surface area contributed by atoms with Crippen molar-refractivity contribution in [3.05, 3.63) is 0 Å². The summed E-state index contributed by atoms with van der Waals surface area (Å²) in [4.78, 5) is 38.5. The van der Waals surface area contributed by atoms with E-state index in [4.69, 9.17) is 0 Å². The van der Waals surface area contributed by atoms with Crippen molar-refractivity contribution in [1.29, 1.82) is 0 Å². The molecule has 1 heterocycles. The standard InChI is InChI=1S/C22H36N2O4/c1-15-19(22(27)28)8-5-13-24(15)21(26)17-9-11-18(12-10-17)23-20(25)14-16-6-3-2-4-7-16/h15-19H,2-14H2,1H3,(H,23,25)(H,27,28)/t15-,17?,18?,19-/m1/s1. The van der Waals surface area contributed by atoms with Crippen molar-refractivity contribution in [2.24, 2.45) is 17.8 Å². The number of aliphatic carboxylic acids is 1. The third kappa shape index (κ3) is 5.26. The van der Waals surface area contributed by atoms with Gasteiger partial charge in [0.1, 0.15) is 0 Å². The van der Waals surface area contributed by atoms with Crippen LogP contribution < -0.4 is 5.32 Å². The molecule has 0 unspecified atom stereocenters. The summed E-state index contributed by atoms with van der Waals surface area (Å²) in [6.07, 6.45) is 11.5. The molecule has 2 saturated carbocycles. The van der Waals surface area contributed by atoms with E-state index in [2.05, 4.69) is 5.32 Å². The van der Waals surface area contributed by atoms with Crippen LogP contribution in [0.5, 0.6) is 0 Å². The molecule has 0 bridgehead atoms. The van der Waals surface area contributed by atoms with Gasteiger partial charge in [0.05, 0.1) is 5.92 Å². The number of carboxylic acids is 1. The van der Waals surface area contributed by atoms with E-state index in [1.54, 1.807) is 4.90 Å². The number of amides is 2. The second-order valence-corrected chi connectivity index (χ2v) is 9.18. The molecule has 28 heavy (non-hydrogen) atoms. The van der Waals surface area contributed by atoms with Gasteiger partial charge in [0.15, 0.2) is 0 Å². The van der Waals surface area contributed by atoms with E-state index >= 15 is 0 Å². The first-order valence-electron chi connectivity index (χ1n) is 11.3. The smallest absolute Gasteiger partial charge is 0.308 e. The summed E-state index contributed by atoms with van der Waals surface area (Å²) in [5.74, 6) is -0.431. The van der Waals surface area contributed by atoms with Crippen LogP contribution in [0.3, 0.4) is 0 Å². The predicted molar refractivity (Wildman–Crippen MR) is 107 cm³/mol. The molecule has 1 aliphatic heterocycles. The number of rotatable bonds is 5. The van der Waals surface area contributed by atoms with Gasteiger partial charge in [0, 0.05) is 31.0 Å². The molecule has 2 N–H and O–H groups in total. The Labute approximate surface area is 168 Å². The highest BCUT2D eigenvalue weighted by molar-refractivity contribution is 5.81. The maximum atomic E-state index is 13.0. The van der Waals surface area contributed by atoms with Crippen LogP contribution in [0.1, 0.15) is 84.0 Å². The fourth-order valence-electron chi connectivity index (χ4n) is 5.44. The highest BCUT2D eigenvalue weighted by Gasteiger charge is 2.38. The van der Waals surface area contributed by atoms with Crippen LogP contribution in [0, 0.1) is 17.8 Å². The summed E-state index contributed by atoms with van der Waals surface area (Å²) < 4.78 is 0. The molecule has 158 valence electrons. The van der Waals surface area contributed by atoms with Gasteiger partial charge in [0.25, 0.3) is 0 Å². The van der Waals surface area contributed by atoms with E-state index in [1.807, 2.05) is 6.92 Å². The maximum absolute atomic E-state index is 13.0. The molecule has 6 nitrogen and oxygen atoms in total. The van der Waals surface area contributed by atoms with Crippen LogP contribution >= 0.6 is 0 Å². The van der Waals surface area contributed by atoms with Crippen molar-refractivity contribution in [3.63, 3.8) is 0 Å². The quantitative estimate of drug-likeness (QED) is 0.751. The van der Waals surface area contributed by atoms with Crippen LogP contribution in [0.4, 0.5) is 0 Å². The lowest BCUT2D eigenvalue weighted by molar-refractivity contribution is -0.151. The number of hydrogen-bond donors (Lipinski definition) is 2. The van der Waals surface area contributed by atoms with Gasteiger partial charge in [0.2, 0.25) is 11.8 Å². The van der Waals surface area contributed by atoms with Gasteiger partial charge in [-0.2, -0.15) is 0 Å². The van der Waals surface area contributed by atoms with Gasteiger partial charge < -0.3 is 15.3 Å². The van der Waals surface area contributed by atoms with Gasteiger partial charge in [-0.1, -0.05) is 19.3 Å². The normalized spacial score (nSPS) is 32.0. The molecule has 2 aliphatic carbocycles. The Morgan fingerprint density at radius 2 is 1.61 bits per heavy atom. The highest BCUT2D eigenvalue weighted by atomic mass is 16.4. The van der Waals surface area contributed by atoms with Crippen molar-refractivity contribution in [2.75, 3.05) is 6.54 Å². The van der Waals surface area contributed by atoms with Crippen molar-refractivity contribution < 1.29 is 19.5 Å². The van der Waals surface area contributed by atoms with E-state index in [1.165, 1.54) is 32.1 Å². The molecule has 3 aliphatic rings. The number of nitrogens with one attached hydrogen (secondary N) is 1. The van der Waals surface area contributed by atoms with Crippen LogP contribution in [-0.2, 0) is 14.4 Å². The van der Waals surface area contributed by atoms with Gasteiger partial charge >= 0.3 is 5.97 Å². The summed E-state index contributed by atoms with van der Waals surface area (Å²) >= 11 is 0. The second kappa shape index (κ2) is 9.75. The second-order valence-electron chi connectivity index (χ2n) is 9.18. The molecule has 6 heteroatoms. The topological polar surface area (TPSA) is 86.7 Å². The zero-order valence-electron chi connectivity index (χ0n) is 17.2. The van der Waals surface area contributed by atoms with E-state index < -0.39 is 11.9 Å². The molecule has 1 saturated heterocycles. The lowest BCUT2D eigenvalue weighted by atomic mass is 9.82. The Morgan fingerprint density at radius 3 is 2.25 bits per heavy atom. The molecular weight excluding hydrogens is 356 g/mol. The van der Waals surface area contributed by atoms with Crippen LogP contribution in [0.2, 0.25) is 0 Å². The minimum atomic E-state index is -0.797. The van der Waals surface area contributed by atoms with E-state index in [-0.39, 0.29) is 29.8 Å². The summed E-state index contributed by atoms with van der Waals surface area (Å²) in [5.41, 5.74) is 0. The molecule has 3 fully saturated rings. The zero-order chi connectivity index (χ0) is 20.1. The first kappa shape index (κ1) is 21.1. The zero-order valence-corrected chi connectivity index (χ0v) is 17.2. The maximum Gasteiger partial charge on any atom is 0.308 e. The lowest BCUT2D eigenvalue weighted by Crippen LogP contribution is -2.51. The Morgan fingerprint density at radius 1 is 0.929 bits per heavy atom. The van der Waals surface area contributed by atoms with E-state index in [0.29, 0.717) is 25.3 Å². The molecule has 0 radical (unpaired) electrons. The van der Waals surface area contributed by atoms with Crippen molar-refractivity contribution in [2.45, 2.75) is 96.1 Å². The molecule has 0 aromatic heterocycles. The number of carboxylic acid groups (broad SMARTS) is 1. The molecule has 0 aromatic rings. The molecule has 2 atom stereocenters. The fourth-order valence-corrected chi connectivity index (χ4v) is 5.44. The number of likely N-dealkylation sites (tertiary alicyclic amines) is 1. The van der Waals surface area contributed by atoms with Crippen LogP contribution in [-0.4, -0.2) is 46.4 Å². The molecule has 3 rings (SSSR count). The van der Waals surface area contributed by atoms with Crippen molar-refractivity contribution in [1.82, 2.24) is 10.2 Å². The lowest BCUT2D eigenvalue weighted by Gasteiger charge is -2.40. The molecule has 0 aromatic carbocycles. The number of carbonyl (C=O) groups excluding carboxylic acids is 2. The molecular formula is C22H36N2O4. The van der Waals surface area contributed by atoms with Crippen LogP contribution in [0.15, 0.2) is 0 Å². The summed E-state index contributed by atoms with van der Waals surface area (Å²) in [5, 5.41) is 12.6. The Balaban J connectivity index is 1.43. The average Bonchev–Trinajstić information content (AvgIpc) is 2.68. The third-order valence-corrected chi connectivity index (χ3v) is 7.23. The van der Waals surface area contributed by atoms with Gasteiger partial charge in [-0.3, -0.25) is 14.4 Å². The first-order valence-corrected chi connectivity index (χ1v) is 11.3. The van der Waals surface area contributed by atoms with Gasteiger partial charge in [-0.25, -0.2) is 0 Å². The Kier molecular flexibility index (Phi) is 7.36. The van der Waals surface area contributed by atoms with E-state index in [0.717, 1.165) is 32.1 Å². The third-order valence-electron chi connectivity index (χ3n) is 7.23. The summed E-state index contributed by atoms with van der Waals surface area (Å²) in [6, 6.07) is -0.0441. The van der Waals surface area contributed by atoms with Gasteiger partial charge in [-0.05, 0) is 64.2 Å². The highest BCUT2D eigenvalue weighted by Crippen LogP contribution is 2.31. The van der Waals surface area contributed by atoms with Crippen molar-refractivity contribution >= 4 is 17.8 Å². The fraction of sp³-hybridized carbons (Fsp3) is 0.864. The predicted octanol–water partition coefficient (Wildman–Crippen LogP) is 3.34. The first-order chi connectivity index (χ1) is 13.5. The largest absolute Gasteiger partial charge is 0.481 e. The summed E-state index contributed by atoms with van der Waals surface area (Å²) in [7, 11) is 0. The SMILES string of the molecule is C[C@@H]1[C@H](C(=O)O)CCCN1C(=O)C1CCC(NC(=O)CC2CCCCC2)CC1. The van der Waals surface area contributed by atoms with Crippen LogP contribution in [0.25, 0.3) is 0 Å². The Hall–Kier alpha value is -1.59. The number of nitrogens with zero attached hydrogens (tertiary/aromatic N) is 1. The number of piperidine rings is 1. The monoisotopic (exact) mass is 392 g/mol. The minimum Gasteiger partial charge on any atom is -0.481 e. The molecule has 0 spiro atoms. The number of carbonyl (C=O) groups is 3. The average molecular weight is 393 g/mol. The van der Waals surface area contributed by atoms with E-state index in [9.17, 15) is 19.5 Å². The minimum absolute atomic E-state index is 0.0264. The molecule has 2 amide bonds. The summed E-state index contributed by atoms with van der Waals surface area (Å²) in [6.45, 7) is 2.54. The van der Waals surface area contributed by atoms with Crippen molar-refractivity contribution in [3.8, 4) is 0 Å². The number of hydrogen-bond acceptors (Lipinski definition) is 3. The Bertz CT molecular complexity index is 565. The van der Waals surface area contributed by atoms with Gasteiger partial charge in [-0.15, -0.1) is 0 Å².